The lowest BCUT2D eigenvalue weighted by atomic mass is 10.2. The molecule has 0 spiro atoms. The summed E-state index contributed by atoms with van der Waals surface area (Å²) in [6.45, 7) is 1.84. The second kappa shape index (κ2) is 5.30. The summed E-state index contributed by atoms with van der Waals surface area (Å²) in [5.74, 6) is 0.205. The molecule has 0 fully saturated rings. The van der Waals surface area contributed by atoms with E-state index in [1.54, 1.807) is 19.1 Å². The molecule has 86 valence electrons. The monoisotopic (exact) mass is 258 g/mol. The van der Waals surface area contributed by atoms with Crippen molar-refractivity contribution in [2.45, 2.75) is 11.8 Å². The largest absolute Gasteiger partial charge is 0.240 e. The predicted octanol–water partition coefficient (Wildman–Crippen LogP) is 1.38. The second-order valence-corrected chi connectivity index (χ2v) is 5.29. The van der Waals surface area contributed by atoms with Gasteiger partial charge in [-0.1, -0.05) is 6.07 Å². The van der Waals surface area contributed by atoms with E-state index in [2.05, 4.69) is 4.72 Å². The fourth-order valence-electron chi connectivity index (χ4n) is 1.21. The first kappa shape index (κ1) is 13.0. The van der Waals surface area contributed by atoms with E-state index >= 15 is 0 Å². The molecule has 0 aliphatic heterocycles. The van der Waals surface area contributed by atoms with E-state index in [0.717, 1.165) is 0 Å². The third-order valence-electron chi connectivity index (χ3n) is 1.99. The number of alkyl halides is 1. The van der Waals surface area contributed by atoms with Crippen LogP contribution in [0.1, 0.15) is 11.1 Å². The number of nitrogens with zero attached hydrogens (tertiary/aromatic N) is 1. The van der Waals surface area contributed by atoms with E-state index in [1.807, 2.05) is 6.07 Å². The summed E-state index contributed by atoms with van der Waals surface area (Å²) in [6, 6.07) is 6.44. The third kappa shape index (κ3) is 2.95. The van der Waals surface area contributed by atoms with Crippen molar-refractivity contribution in [3.63, 3.8) is 0 Å². The molecule has 1 N–H and O–H groups in total. The minimum absolute atomic E-state index is 0.122. The maximum absolute atomic E-state index is 11.8. The van der Waals surface area contributed by atoms with Gasteiger partial charge in [0.1, 0.15) is 0 Å². The van der Waals surface area contributed by atoms with Crippen molar-refractivity contribution in [1.29, 1.82) is 5.26 Å². The predicted molar refractivity (Wildman–Crippen MR) is 61.8 cm³/mol. The van der Waals surface area contributed by atoms with Crippen molar-refractivity contribution in [3.05, 3.63) is 29.3 Å². The van der Waals surface area contributed by atoms with E-state index < -0.39 is 10.0 Å². The molecule has 0 aromatic heterocycles. The van der Waals surface area contributed by atoms with E-state index in [1.165, 1.54) is 6.07 Å². The number of rotatable bonds is 4. The lowest BCUT2D eigenvalue weighted by Gasteiger charge is -2.08. The molecule has 1 rings (SSSR count). The molecular formula is C10H11ClN2O2S. The average molecular weight is 259 g/mol. The highest BCUT2D eigenvalue weighted by Crippen LogP contribution is 2.16. The van der Waals surface area contributed by atoms with Crippen LogP contribution in [0.4, 0.5) is 0 Å². The number of benzene rings is 1. The lowest BCUT2D eigenvalue weighted by molar-refractivity contribution is 0.583. The number of hydrogen-bond donors (Lipinski definition) is 1. The summed E-state index contributed by atoms with van der Waals surface area (Å²) in [6.07, 6.45) is 0. The maximum Gasteiger partial charge on any atom is 0.240 e. The average Bonchev–Trinajstić information content (AvgIpc) is 2.27. The molecule has 0 aliphatic rings. The molecule has 0 heterocycles. The second-order valence-electron chi connectivity index (χ2n) is 3.18. The quantitative estimate of drug-likeness (QED) is 0.830. The van der Waals surface area contributed by atoms with Gasteiger partial charge in [0.05, 0.1) is 16.5 Å². The van der Waals surface area contributed by atoms with Crippen LogP contribution in [-0.2, 0) is 10.0 Å². The summed E-state index contributed by atoms with van der Waals surface area (Å²) in [4.78, 5) is 0.122. The van der Waals surface area contributed by atoms with E-state index in [9.17, 15) is 8.42 Å². The molecule has 0 unspecified atom stereocenters. The lowest BCUT2D eigenvalue weighted by Crippen LogP contribution is -2.26. The number of aryl methyl sites for hydroxylation is 1. The zero-order valence-corrected chi connectivity index (χ0v) is 10.3. The van der Waals surface area contributed by atoms with Gasteiger partial charge in [-0.2, -0.15) is 5.26 Å². The molecule has 0 saturated carbocycles. The normalized spacial score (nSPS) is 11.1. The standard InChI is InChI=1S/C10H11ClN2O2S/c1-8-2-3-9(7-12)6-10(8)16(14,15)13-5-4-11/h2-3,6,13H,4-5H2,1H3. The molecule has 16 heavy (non-hydrogen) atoms. The van der Waals surface area contributed by atoms with Gasteiger partial charge in [0.25, 0.3) is 0 Å². The number of nitrogens with one attached hydrogen (secondary N) is 1. The van der Waals surface area contributed by atoms with Crippen LogP contribution in [0.2, 0.25) is 0 Å². The maximum atomic E-state index is 11.8. The van der Waals surface area contributed by atoms with Crippen LogP contribution in [0.15, 0.2) is 23.1 Å². The molecule has 6 heteroatoms. The third-order valence-corrected chi connectivity index (χ3v) is 3.79. The first-order valence-corrected chi connectivity index (χ1v) is 6.59. The van der Waals surface area contributed by atoms with Crippen LogP contribution in [0.3, 0.4) is 0 Å². The van der Waals surface area contributed by atoms with Gasteiger partial charge in [0.2, 0.25) is 10.0 Å². The van der Waals surface area contributed by atoms with E-state index in [-0.39, 0.29) is 17.3 Å². The van der Waals surface area contributed by atoms with Gasteiger partial charge in [-0.25, -0.2) is 13.1 Å². The molecule has 0 atom stereocenters. The molecule has 4 nitrogen and oxygen atoms in total. The highest BCUT2D eigenvalue weighted by atomic mass is 35.5. The Morgan fingerprint density at radius 3 is 2.75 bits per heavy atom. The van der Waals surface area contributed by atoms with Crippen LogP contribution in [0.25, 0.3) is 0 Å². The fourth-order valence-corrected chi connectivity index (χ4v) is 2.72. The SMILES string of the molecule is Cc1ccc(C#N)cc1S(=O)(=O)NCCCl. The smallest absolute Gasteiger partial charge is 0.210 e. The zero-order valence-electron chi connectivity index (χ0n) is 8.70. The molecule has 0 aliphatic carbocycles. The highest BCUT2D eigenvalue weighted by molar-refractivity contribution is 7.89. The number of nitriles is 1. The Morgan fingerprint density at radius 1 is 1.50 bits per heavy atom. The van der Waals surface area contributed by atoms with Gasteiger partial charge in [-0.15, -0.1) is 11.6 Å². The van der Waals surface area contributed by atoms with Crippen molar-refractivity contribution in [2.24, 2.45) is 0 Å². The summed E-state index contributed by atoms with van der Waals surface area (Å²) in [5.41, 5.74) is 0.915. The number of hydrogen-bond acceptors (Lipinski definition) is 3. The first-order chi connectivity index (χ1) is 7.51. The highest BCUT2D eigenvalue weighted by Gasteiger charge is 2.16. The van der Waals surface area contributed by atoms with E-state index in [0.29, 0.717) is 11.1 Å². The molecule has 1 aromatic rings. The van der Waals surface area contributed by atoms with Gasteiger partial charge in [0, 0.05) is 12.4 Å². The Balaban J connectivity index is 3.17. The summed E-state index contributed by atoms with van der Waals surface area (Å²) >= 11 is 5.41. The molecular weight excluding hydrogens is 248 g/mol. The van der Waals surface area contributed by atoms with Crippen molar-refractivity contribution >= 4 is 21.6 Å². The molecule has 0 bridgehead atoms. The van der Waals surface area contributed by atoms with E-state index in [4.69, 9.17) is 16.9 Å². The van der Waals surface area contributed by atoms with Crippen LogP contribution < -0.4 is 4.72 Å². The molecule has 0 radical (unpaired) electrons. The van der Waals surface area contributed by atoms with Gasteiger partial charge in [-0.05, 0) is 24.6 Å². The van der Waals surface area contributed by atoms with Crippen molar-refractivity contribution < 1.29 is 8.42 Å². The first-order valence-electron chi connectivity index (χ1n) is 4.57. The molecule has 0 saturated heterocycles. The number of sulfonamides is 1. The van der Waals surface area contributed by atoms with Crippen molar-refractivity contribution in [1.82, 2.24) is 4.72 Å². The Bertz CT molecular complexity index is 520. The van der Waals surface area contributed by atoms with Gasteiger partial charge >= 0.3 is 0 Å². The van der Waals surface area contributed by atoms with Crippen LogP contribution >= 0.6 is 11.6 Å². The Hall–Kier alpha value is -1.09. The minimum Gasteiger partial charge on any atom is -0.210 e. The number of halogens is 1. The van der Waals surface area contributed by atoms with Gasteiger partial charge in [0.15, 0.2) is 0 Å². The van der Waals surface area contributed by atoms with Crippen LogP contribution in [0.5, 0.6) is 0 Å². The van der Waals surface area contributed by atoms with Crippen LogP contribution in [-0.4, -0.2) is 20.8 Å². The zero-order chi connectivity index (χ0) is 12.2. The topological polar surface area (TPSA) is 70.0 Å². The Kier molecular flexibility index (Phi) is 4.30. The minimum atomic E-state index is -3.57. The fraction of sp³-hybridized carbons (Fsp3) is 0.300. The Labute approximate surface area is 99.9 Å². The molecule has 1 aromatic carbocycles. The van der Waals surface area contributed by atoms with Gasteiger partial charge in [-0.3, -0.25) is 0 Å². The molecule has 0 amide bonds. The summed E-state index contributed by atoms with van der Waals surface area (Å²) in [5, 5.41) is 8.71. The van der Waals surface area contributed by atoms with Gasteiger partial charge < -0.3 is 0 Å². The van der Waals surface area contributed by atoms with Crippen molar-refractivity contribution in [3.8, 4) is 6.07 Å². The van der Waals surface area contributed by atoms with Crippen LogP contribution in [0, 0.1) is 18.3 Å². The van der Waals surface area contributed by atoms with Crippen molar-refractivity contribution in [2.75, 3.05) is 12.4 Å². The Morgan fingerprint density at radius 2 is 2.19 bits per heavy atom. The summed E-state index contributed by atoms with van der Waals surface area (Å²) < 4.78 is 25.9. The summed E-state index contributed by atoms with van der Waals surface area (Å²) in [7, 11) is -3.57.